The molecule has 6 nitrogen and oxygen atoms in total. The first-order valence-electron chi connectivity index (χ1n) is 27.6. The minimum Gasteiger partial charge on any atom is -0.462 e. The van der Waals surface area contributed by atoms with Crippen LogP contribution in [0.4, 0.5) is 0 Å². The summed E-state index contributed by atoms with van der Waals surface area (Å²) in [4.78, 5) is 38.1. The summed E-state index contributed by atoms with van der Waals surface area (Å²) in [6, 6.07) is 0. The molecule has 6 heteroatoms. The van der Waals surface area contributed by atoms with Gasteiger partial charge in [-0.15, -0.1) is 0 Å². The molecule has 0 aromatic rings. The van der Waals surface area contributed by atoms with E-state index in [4.69, 9.17) is 14.2 Å². The van der Waals surface area contributed by atoms with E-state index < -0.39 is 6.10 Å². The lowest BCUT2D eigenvalue weighted by Crippen LogP contribution is -2.30. The molecule has 0 saturated carbocycles. The second-order valence-electron chi connectivity index (χ2n) is 18.5. The van der Waals surface area contributed by atoms with Gasteiger partial charge in [-0.05, 0) is 70.6 Å². The van der Waals surface area contributed by atoms with E-state index in [9.17, 15) is 14.4 Å². The Balaban J connectivity index is 4.36. The average molecular weight is 897 g/mol. The first-order valence-corrected chi connectivity index (χ1v) is 27.6. The van der Waals surface area contributed by atoms with Crippen LogP contribution in [0.1, 0.15) is 284 Å². The highest BCUT2D eigenvalue weighted by Gasteiger charge is 2.19. The molecule has 1 atom stereocenters. The summed E-state index contributed by atoms with van der Waals surface area (Å²) >= 11 is 0. The van der Waals surface area contributed by atoms with Gasteiger partial charge in [-0.2, -0.15) is 0 Å². The number of hydrogen-bond donors (Lipinski definition) is 0. The second kappa shape index (κ2) is 53.0. The quantitative estimate of drug-likeness (QED) is 0.0262. The molecule has 64 heavy (non-hydrogen) atoms. The molecule has 0 unspecified atom stereocenters. The van der Waals surface area contributed by atoms with Crippen molar-refractivity contribution in [3.63, 3.8) is 0 Å². The van der Waals surface area contributed by atoms with Crippen LogP contribution in [-0.4, -0.2) is 37.2 Å². The molecule has 0 N–H and O–H groups in total. The fourth-order valence-corrected chi connectivity index (χ4v) is 7.83. The van der Waals surface area contributed by atoms with Crippen molar-refractivity contribution in [1.82, 2.24) is 0 Å². The van der Waals surface area contributed by atoms with Crippen molar-refractivity contribution in [3.05, 3.63) is 48.6 Å². The molecule has 0 aliphatic carbocycles. The predicted octanol–water partition coefficient (Wildman–Crippen LogP) is 18.3. The monoisotopic (exact) mass is 897 g/mol. The van der Waals surface area contributed by atoms with E-state index in [2.05, 4.69) is 69.4 Å². The normalized spacial score (nSPS) is 12.4. The Hall–Kier alpha value is -2.63. The Kier molecular flexibility index (Phi) is 50.8. The highest BCUT2D eigenvalue weighted by molar-refractivity contribution is 5.71. The van der Waals surface area contributed by atoms with Crippen LogP contribution in [0.15, 0.2) is 48.6 Å². The van der Waals surface area contributed by atoms with Crippen molar-refractivity contribution in [3.8, 4) is 0 Å². The lowest BCUT2D eigenvalue weighted by atomic mass is 10.0. The van der Waals surface area contributed by atoms with Crippen LogP contribution < -0.4 is 0 Å². The SMILES string of the molecule is CCCC/C=C/C/C=C/CCCCCCCC(=O)OC[C@H](COC(=O)CCCCCCCCCCCCCCCCCCCC)OC(=O)CCCCCCC/C=C/C/C=C/CCCC. The van der Waals surface area contributed by atoms with Gasteiger partial charge in [0.15, 0.2) is 6.10 Å². The van der Waals surface area contributed by atoms with Crippen LogP contribution in [0.5, 0.6) is 0 Å². The van der Waals surface area contributed by atoms with E-state index in [1.54, 1.807) is 0 Å². The van der Waals surface area contributed by atoms with Gasteiger partial charge in [0, 0.05) is 19.3 Å². The van der Waals surface area contributed by atoms with E-state index in [0.717, 1.165) is 103 Å². The molecule has 0 aromatic heterocycles. The van der Waals surface area contributed by atoms with Crippen LogP contribution in [0.25, 0.3) is 0 Å². The lowest BCUT2D eigenvalue weighted by molar-refractivity contribution is -0.167. The lowest BCUT2D eigenvalue weighted by Gasteiger charge is -2.18. The van der Waals surface area contributed by atoms with E-state index >= 15 is 0 Å². The standard InChI is InChI=1S/C58H104O6/c1-4-7-10-13-16-19-22-25-28-29-30-31-34-36-39-42-45-48-51-57(60)63-54-55(64-58(61)52-49-46-43-40-37-33-27-24-21-18-15-12-9-6-3)53-62-56(59)50-47-44-41-38-35-32-26-23-20-17-14-11-8-5-2/h14-15,17-18,23-24,26-27,55H,4-13,16,19-22,25,28-54H2,1-3H3/b17-14+,18-15+,26-23+,27-24+/t55-/m1/s1. The zero-order valence-electron chi connectivity index (χ0n) is 42.6. The highest BCUT2D eigenvalue weighted by Crippen LogP contribution is 2.16. The summed E-state index contributed by atoms with van der Waals surface area (Å²) in [5.74, 6) is -0.898. The molecule has 0 spiro atoms. The zero-order chi connectivity index (χ0) is 46.5. The van der Waals surface area contributed by atoms with Gasteiger partial charge >= 0.3 is 17.9 Å². The minimum atomic E-state index is -0.783. The fourth-order valence-electron chi connectivity index (χ4n) is 7.83. The molecule has 0 heterocycles. The summed E-state index contributed by atoms with van der Waals surface area (Å²) < 4.78 is 16.8. The van der Waals surface area contributed by atoms with Crippen LogP contribution in [0.3, 0.4) is 0 Å². The number of hydrogen-bond acceptors (Lipinski definition) is 6. The third-order valence-electron chi connectivity index (χ3n) is 12.1. The Morgan fingerprint density at radius 1 is 0.312 bits per heavy atom. The third kappa shape index (κ3) is 50.4. The second-order valence-corrected chi connectivity index (χ2v) is 18.5. The molecule has 0 amide bonds. The van der Waals surface area contributed by atoms with Crippen LogP contribution in [-0.2, 0) is 28.6 Å². The van der Waals surface area contributed by atoms with Gasteiger partial charge in [0.1, 0.15) is 13.2 Å². The van der Waals surface area contributed by atoms with Crippen molar-refractivity contribution >= 4 is 17.9 Å². The van der Waals surface area contributed by atoms with Crippen molar-refractivity contribution < 1.29 is 28.6 Å². The van der Waals surface area contributed by atoms with Crippen molar-refractivity contribution in [2.75, 3.05) is 13.2 Å². The van der Waals surface area contributed by atoms with Gasteiger partial charge in [-0.3, -0.25) is 14.4 Å². The maximum atomic E-state index is 12.8. The van der Waals surface area contributed by atoms with E-state index in [1.165, 1.54) is 141 Å². The smallest absolute Gasteiger partial charge is 0.306 e. The summed E-state index contributed by atoms with van der Waals surface area (Å²) in [5.41, 5.74) is 0. The minimum absolute atomic E-state index is 0.0808. The molecule has 0 rings (SSSR count). The van der Waals surface area contributed by atoms with Crippen LogP contribution in [0.2, 0.25) is 0 Å². The number of unbranched alkanes of at least 4 members (excludes halogenated alkanes) is 31. The molecule has 0 fully saturated rings. The van der Waals surface area contributed by atoms with Gasteiger partial charge in [0.25, 0.3) is 0 Å². The number of esters is 3. The molecule has 0 aliphatic heterocycles. The summed E-state index contributed by atoms with van der Waals surface area (Å²) in [5, 5.41) is 0. The van der Waals surface area contributed by atoms with Crippen LogP contribution >= 0.6 is 0 Å². The maximum absolute atomic E-state index is 12.8. The Morgan fingerprint density at radius 2 is 0.578 bits per heavy atom. The van der Waals surface area contributed by atoms with Crippen molar-refractivity contribution in [2.45, 2.75) is 290 Å². The summed E-state index contributed by atoms with van der Waals surface area (Å²) in [7, 11) is 0. The highest BCUT2D eigenvalue weighted by atomic mass is 16.6. The molecule has 0 radical (unpaired) electrons. The first kappa shape index (κ1) is 61.4. The fraction of sp³-hybridized carbons (Fsp3) is 0.810. The molecule has 0 saturated heterocycles. The number of carbonyl (C=O) groups is 3. The van der Waals surface area contributed by atoms with E-state index in [1.807, 2.05) is 0 Å². The zero-order valence-corrected chi connectivity index (χ0v) is 42.6. The number of rotatable bonds is 50. The van der Waals surface area contributed by atoms with Gasteiger partial charge < -0.3 is 14.2 Å². The molecule has 0 aliphatic rings. The first-order chi connectivity index (χ1) is 31.5. The molecular formula is C58H104O6. The van der Waals surface area contributed by atoms with Gasteiger partial charge in [-0.1, -0.05) is 243 Å². The number of allylic oxidation sites excluding steroid dienone is 8. The van der Waals surface area contributed by atoms with Gasteiger partial charge in [0.2, 0.25) is 0 Å². The summed E-state index contributed by atoms with van der Waals surface area (Å²) in [6.45, 7) is 6.56. The van der Waals surface area contributed by atoms with Crippen molar-refractivity contribution in [2.24, 2.45) is 0 Å². The third-order valence-corrected chi connectivity index (χ3v) is 12.1. The van der Waals surface area contributed by atoms with Crippen LogP contribution in [0, 0.1) is 0 Å². The number of carbonyl (C=O) groups excluding carboxylic acids is 3. The van der Waals surface area contributed by atoms with Crippen molar-refractivity contribution in [1.29, 1.82) is 0 Å². The predicted molar refractivity (Wildman–Crippen MR) is 275 cm³/mol. The Bertz CT molecular complexity index is 1120. The largest absolute Gasteiger partial charge is 0.462 e. The van der Waals surface area contributed by atoms with Gasteiger partial charge in [-0.25, -0.2) is 0 Å². The Labute approximate surface area is 397 Å². The van der Waals surface area contributed by atoms with Gasteiger partial charge in [0.05, 0.1) is 0 Å². The average Bonchev–Trinajstić information content (AvgIpc) is 3.29. The number of ether oxygens (including phenoxy) is 3. The molecular weight excluding hydrogens is 793 g/mol. The molecule has 0 bridgehead atoms. The molecule has 372 valence electrons. The topological polar surface area (TPSA) is 78.9 Å². The Morgan fingerprint density at radius 3 is 0.906 bits per heavy atom. The van der Waals surface area contributed by atoms with E-state index in [0.29, 0.717) is 19.3 Å². The molecule has 0 aromatic carbocycles. The maximum Gasteiger partial charge on any atom is 0.306 e. The summed E-state index contributed by atoms with van der Waals surface area (Å²) in [6.07, 6.45) is 63.8. The van der Waals surface area contributed by atoms with E-state index in [-0.39, 0.29) is 31.1 Å².